The Balaban J connectivity index is 1.53. The van der Waals surface area contributed by atoms with Crippen molar-refractivity contribution in [2.45, 2.75) is 25.5 Å². The lowest BCUT2D eigenvalue weighted by atomic mass is 10.1. The maximum Gasteiger partial charge on any atom is 0.164 e. The molecule has 5 heterocycles. The highest BCUT2D eigenvalue weighted by Gasteiger charge is 2.24. The van der Waals surface area contributed by atoms with Crippen LogP contribution < -0.4 is 0 Å². The smallest absolute Gasteiger partial charge is 0.164 e. The summed E-state index contributed by atoms with van der Waals surface area (Å²) in [6.07, 6.45) is 0. The van der Waals surface area contributed by atoms with Crippen molar-refractivity contribution in [1.82, 2.24) is 38.9 Å². The first kappa shape index (κ1) is 26.0. The van der Waals surface area contributed by atoms with Gasteiger partial charge in [0.25, 0.3) is 0 Å². The largest absolute Gasteiger partial charge is 0.324 e. The molecule has 0 saturated heterocycles. The number of aromatic nitrogens is 8. The van der Waals surface area contributed by atoms with Gasteiger partial charge in [-0.1, -0.05) is 97.1 Å². The number of H-pyrrole nitrogens is 1. The van der Waals surface area contributed by atoms with Gasteiger partial charge in [0.15, 0.2) is 34.6 Å². The highest BCUT2D eigenvalue weighted by molar-refractivity contribution is 7.99. The molecule has 4 aromatic carbocycles. The fourth-order valence-electron chi connectivity index (χ4n) is 6.02. The molecule has 0 fully saturated rings. The molecule has 3 aromatic heterocycles. The van der Waals surface area contributed by atoms with Crippen molar-refractivity contribution in [3.05, 3.63) is 97.1 Å². The molecule has 2 aliphatic heterocycles. The van der Waals surface area contributed by atoms with Crippen molar-refractivity contribution >= 4 is 56.1 Å². The highest BCUT2D eigenvalue weighted by Crippen LogP contribution is 2.39. The lowest BCUT2D eigenvalue weighted by molar-refractivity contribution is 0.798. The van der Waals surface area contributed by atoms with Gasteiger partial charge in [-0.3, -0.25) is 0 Å². The van der Waals surface area contributed by atoms with Crippen LogP contribution in [0.4, 0.5) is 0 Å². The molecule has 1 N–H and O–H groups in total. The van der Waals surface area contributed by atoms with E-state index in [1.807, 2.05) is 60.7 Å². The molecule has 0 radical (unpaired) electrons. The fraction of sp³-hybridized carbons (Fsp3) is 0.111. The van der Waals surface area contributed by atoms with Crippen LogP contribution in [0.2, 0.25) is 0 Å². The average Bonchev–Trinajstić information content (AvgIpc) is 3.75. The van der Waals surface area contributed by atoms with Crippen LogP contribution in [0.3, 0.4) is 0 Å². The third kappa shape index (κ3) is 4.15. The van der Waals surface area contributed by atoms with Crippen LogP contribution in [0.1, 0.15) is 20.8 Å². The molecule has 9 rings (SSSR count). The minimum Gasteiger partial charge on any atom is -0.324 e. The first-order chi connectivity index (χ1) is 21.9. The molecule has 0 spiro atoms. The van der Waals surface area contributed by atoms with E-state index in [9.17, 15) is 0 Å². The van der Waals surface area contributed by atoms with Crippen molar-refractivity contribution in [1.29, 1.82) is 0 Å². The third-order valence-electron chi connectivity index (χ3n) is 7.93. The summed E-state index contributed by atoms with van der Waals surface area (Å²) in [7, 11) is 0. The van der Waals surface area contributed by atoms with E-state index in [4.69, 9.17) is 29.9 Å². The Labute approximate surface area is 262 Å². The van der Waals surface area contributed by atoms with Gasteiger partial charge in [-0.2, -0.15) is 0 Å². The summed E-state index contributed by atoms with van der Waals surface area (Å²) in [4.78, 5) is 34.4. The second-order valence-electron chi connectivity index (χ2n) is 12.1. The molecular formula is C36H26N8S. The van der Waals surface area contributed by atoms with E-state index in [2.05, 4.69) is 66.1 Å². The van der Waals surface area contributed by atoms with Gasteiger partial charge < -0.3 is 4.98 Å². The van der Waals surface area contributed by atoms with E-state index in [1.165, 1.54) is 0 Å². The van der Waals surface area contributed by atoms with Crippen LogP contribution in [0, 0.1) is 0 Å². The first-order valence-electron chi connectivity index (χ1n) is 14.8. The Hall–Kier alpha value is -5.41. The third-order valence-corrected chi connectivity index (χ3v) is 9.01. The van der Waals surface area contributed by atoms with Crippen LogP contribution in [-0.2, 0) is 0 Å². The molecule has 0 saturated carbocycles. The van der Waals surface area contributed by atoms with Gasteiger partial charge in [-0.25, -0.2) is 33.9 Å². The van der Waals surface area contributed by atoms with Crippen LogP contribution in [0.5, 0.6) is 0 Å². The van der Waals surface area contributed by atoms with Crippen molar-refractivity contribution < 1.29 is 0 Å². The minimum atomic E-state index is -0.141. The van der Waals surface area contributed by atoms with Crippen LogP contribution in [-0.4, -0.2) is 43.6 Å². The molecule has 0 aliphatic carbocycles. The van der Waals surface area contributed by atoms with Gasteiger partial charge in [-0.05, 0) is 32.7 Å². The monoisotopic (exact) mass is 602 g/mol. The number of fused-ring (bicyclic) bond motifs is 20. The number of nitrogens with zero attached hydrogens (tertiary/aromatic N) is 7. The zero-order valence-electron chi connectivity index (χ0n) is 24.8. The summed E-state index contributed by atoms with van der Waals surface area (Å²) in [6, 6.07) is 32.7. The fourth-order valence-corrected chi connectivity index (χ4v) is 7.02. The number of nitrogens with one attached hydrogen (secondary N) is 1. The molecule has 9 heteroatoms. The van der Waals surface area contributed by atoms with Gasteiger partial charge in [0.05, 0.1) is 0 Å². The maximum atomic E-state index is 5.30. The standard InChI is InChI=1S/C36H26N8S/c1-36(2,3)45-44-34-26-18-10-11-19-27(26)35(44)43-33-25-17-9-7-15-23(25)31(41-33)39-29-21-13-5-4-12-20(21)28(37-29)38-30-22-14-6-8-16-24(22)32(40-30)42-34/h4-19H,1-3H3,(H,37,38,39,40,41,42,43). The molecule has 8 bridgehead atoms. The van der Waals surface area contributed by atoms with E-state index >= 15 is 0 Å². The predicted octanol–water partition coefficient (Wildman–Crippen LogP) is 8.64. The van der Waals surface area contributed by atoms with Crippen molar-refractivity contribution in [2.24, 2.45) is 0 Å². The molecule has 0 atom stereocenters. The Morgan fingerprint density at radius 2 is 0.822 bits per heavy atom. The summed E-state index contributed by atoms with van der Waals surface area (Å²) in [5.74, 6) is 2.43. The van der Waals surface area contributed by atoms with Crippen LogP contribution in [0.15, 0.2) is 97.1 Å². The Kier molecular flexibility index (Phi) is 5.52. The van der Waals surface area contributed by atoms with E-state index in [1.54, 1.807) is 11.9 Å². The molecular weight excluding hydrogens is 577 g/mol. The van der Waals surface area contributed by atoms with E-state index < -0.39 is 0 Å². The zero-order chi connectivity index (χ0) is 30.3. The van der Waals surface area contributed by atoms with E-state index in [-0.39, 0.29) is 4.75 Å². The molecule has 0 unspecified atom stereocenters. The lowest BCUT2D eigenvalue weighted by Gasteiger charge is -2.18. The number of aromatic amines is 1. The number of hydrogen-bond acceptors (Lipinski definition) is 7. The molecule has 7 aromatic rings. The minimum absolute atomic E-state index is 0.141. The summed E-state index contributed by atoms with van der Waals surface area (Å²) in [5.41, 5.74) is 6.66. The predicted molar refractivity (Wildman–Crippen MR) is 182 cm³/mol. The number of benzene rings is 4. The first-order valence-corrected chi connectivity index (χ1v) is 15.6. The van der Waals surface area contributed by atoms with Crippen LogP contribution >= 0.6 is 11.9 Å². The summed E-state index contributed by atoms with van der Waals surface area (Å²) in [6.45, 7) is 6.57. The SMILES string of the molecule is CC(C)(C)Sn1c2nc3nc(nc4[nH]c(nc5nc(nc1c1ccccc12)-c1ccccc1-5)c1ccccc41)-c1ccccc1-3. The van der Waals surface area contributed by atoms with Gasteiger partial charge >= 0.3 is 0 Å². The second kappa shape index (κ2) is 9.54. The topological polar surface area (TPSA) is 98.1 Å². The molecule has 45 heavy (non-hydrogen) atoms. The van der Waals surface area contributed by atoms with Crippen molar-refractivity contribution in [3.8, 4) is 45.6 Å². The molecule has 2 aliphatic rings. The summed E-state index contributed by atoms with van der Waals surface area (Å²) < 4.78 is 2.00. The highest BCUT2D eigenvalue weighted by atomic mass is 32.2. The quantitative estimate of drug-likeness (QED) is 0.201. The molecule has 0 amide bonds. The lowest BCUT2D eigenvalue weighted by Crippen LogP contribution is -2.11. The van der Waals surface area contributed by atoms with Crippen LogP contribution in [0.25, 0.3) is 89.7 Å². The van der Waals surface area contributed by atoms with Crippen molar-refractivity contribution in [3.63, 3.8) is 0 Å². The zero-order valence-corrected chi connectivity index (χ0v) is 25.6. The normalized spacial score (nSPS) is 12.4. The van der Waals surface area contributed by atoms with Gasteiger partial charge in [0, 0.05) is 48.5 Å². The van der Waals surface area contributed by atoms with Gasteiger partial charge in [0.2, 0.25) is 0 Å². The van der Waals surface area contributed by atoms with Gasteiger partial charge in [0.1, 0.15) is 11.3 Å². The van der Waals surface area contributed by atoms with Crippen molar-refractivity contribution in [2.75, 3.05) is 0 Å². The van der Waals surface area contributed by atoms with E-state index in [0.29, 0.717) is 34.6 Å². The maximum absolute atomic E-state index is 5.30. The Morgan fingerprint density at radius 3 is 1.22 bits per heavy atom. The van der Waals surface area contributed by atoms with Gasteiger partial charge in [-0.15, -0.1) is 0 Å². The Bertz CT molecular complexity index is 2360. The summed E-state index contributed by atoms with van der Waals surface area (Å²) in [5, 5.41) is 3.89. The number of rotatable bonds is 1. The summed E-state index contributed by atoms with van der Waals surface area (Å²) >= 11 is 1.68. The van der Waals surface area contributed by atoms with E-state index in [0.717, 1.165) is 55.1 Å². The second-order valence-corrected chi connectivity index (χ2v) is 13.9. The molecule has 8 nitrogen and oxygen atoms in total. The number of hydrogen-bond donors (Lipinski definition) is 1. The average molecular weight is 603 g/mol. The Morgan fingerprint density at radius 1 is 0.467 bits per heavy atom. The molecule has 216 valence electrons.